The number of hydrogen-bond acceptors (Lipinski definition) is 7. The van der Waals surface area contributed by atoms with Crippen LogP contribution in [0.1, 0.15) is 51.3 Å². The van der Waals surface area contributed by atoms with Gasteiger partial charge < -0.3 is 25.3 Å². The summed E-state index contributed by atoms with van der Waals surface area (Å²) in [7, 11) is 2.13. The van der Waals surface area contributed by atoms with Gasteiger partial charge in [-0.05, 0) is 81.6 Å². The van der Waals surface area contributed by atoms with Crippen LogP contribution in [0.3, 0.4) is 0 Å². The highest BCUT2D eigenvalue weighted by molar-refractivity contribution is 5.99. The van der Waals surface area contributed by atoms with Crippen molar-refractivity contribution in [2.75, 3.05) is 57.9 Å². The van der Waals surface area contributed by atoms with Gasteiger partial charge in [0.05, 0.1) is 19.4 Å². The van der Waals surface area contributed by atoms with Crippen LogP contribution < -0.4 is 21.1 Å². The largest absolute Gasteiger partial charge is 0.379 e. The van der Waals surface area contributed by atoms with Gasteiger partial charge in [0, 0.05) is 79.5 Å². The summed E-state index contributed by atoms with van der Waals surface area (Å²) in [5, 5.41) is 14.1. The minimum Gasteiger partial charge on any atom is -0.379 e. The van der Waals surface area contributed by atoms with Gasteiger partial charge in [0.15, 0.2) is 0 Å². The van der Waals surface area contributed by atoms with Crippen molar-refractivity contribution in [3.05, 3.63) is 68.4 Å². The third-order valence-electron chi connectivity index (χ3n) is 8.59. The standard InChI is InChI=1S/C31H43N7O3/c1-20-15-21(2)35-31(40)26(20)18-33-30(39)25-16-23(17-29(22(25)3)37(4)24-5-8-32-9-6-24)27-19-34-36-28(27)7-10-38-11-13-41-14-12-38/h15-17,19,24,32H,5-14,18H2,1-4H3,(H,33,39)(H,34,36)(H,35,40). The van der Waals surface area contributed by atoms with Gasteiger partial charge in [0.1, 0.15) is 0 Å². The number of H-pyrrole nitrogens is 2. The maximum atomic E-state index is 13.7. The second-order valence-corrected chi connectivity index (χ2v) is 11.4. The third-order valence-corrected chi connectivity index (χ3v) is 8.59. The lowest BCUT2D eigenvalue weighted by atomic mass is 9.95. The number of carbonyl (C=O) groups is 1. The van der Waals surface area contributed by atoms with Crippen LogP contribution >= 0.6 is 0 Å². The number of hydrogen-bond donors (Lipinski definition) is 4. The molecule has 2 aliphatic heterocycles. The number of anilines is 1. The Hall–Kier alpha value is -3.47. The Morgan fingerprint density at radius 3 is 2.63 bits per heavy atom. The van der Waals surface area contributed by atoms with Crippen molar-refractivity contribution in [3.63, 3.8) is 0 Å². The van der Waals surface area contributed by atoms with E-state index in [0.29, 0.717) is 17.2 Å². The van der Waals surface area contributed by atoms with E-state index >= 15 is 0 Å². The van der Waals surface area contributed by atoms with Gasteiger partial charge in [-0.15, -0.1) is 0 Å². The number of rotatable bonds is 9. The molecule has 2 aromatic heterocycles. The van der Waals surface area contributed by atoms with Gasteiger partial charge in [-0.25, -0.2) is 0 Å². The zero-order chi connectivity index (χ0) is 28.9. The molecular weight excluding hydrogens is 518 g/mol. The number of morpholine rings is 1. The summed E-state index contributed by atoms with van der Waals surface area (Å²) < 4.78 is 5.50. The molecule has 5 rings (SSSR count). The van der Waals surface area contributed by atoms with E-state index in [1.165, 1.54) is 0 Å². The van der Waals surface area contributed by atoms with Gasteiger partial charge >= 0.3 is 0 Å². The maximum absolute atomic E-state index is 13.7. The van der Waals surface area contributed by atoms with Crippen LogP contribution in [0.5, 0.6) is 0 Å². The number of nitrogens with one attached hydrogen (secondary N) is 4. The highest BCUT2D eigenvalue weighted by Crippen LogP contribution is 2.34. The lowest BCUT2D eigenvalue weighted by Crippen LogP contribution is -2.41. The molecule has 4 N–H and O–H groups in total. The number of carbonyl (C=O) groups excluding carboxylic acids is 1. The van der Waals surface area contributed by atoms with E-state index in [-0.39, 0.29) is 18.0 Å². The van der Waals surface area contributed by atoms with E-state index in [1.54, 1.807) is 0 Å². The number of aromatic nitrogens is 3. The Morgan fingerprint density at radius 2 is 1.90 bits per heavy atom. The fraction of sp³-hybridized carbons (Fsp3) is 0.516. The van der Waals surface area contributed by atoms with Crippen molar-refractivity contribution in [1.29, 1.82) is 0 Å². The van der Waals surface area contributed by atoms with E-state index in [4.69, 9.17) is 4.74 Å². The summed E-state index contributed by atoms with van der Waals surface area (Å²) in [5.41, 5.74) is 7.71. The summed E-state index contributed by atoms with van der Waals surface area (Å²) in [6.45, 7) is 12.3. The first kappa shape index (κ1) is 29.0. The summed E-state index contributed by atoms with van der Waals surface area (Å²) in [4.78, 5) is 33.9. The zero-order valence-corrected chi connectivity index (χ0v) is 24.7. The van der Waals surface area contributed by atoms with Crippen molar-refractivity contribution in [2.24, 2.45) is 0 Å². The predicted molar refractivity (Wildman–Crippen MR) is 162 cm³/mol. The van der Waals surface area contributed by atoms with E-state index in [0.717, 1.165) is 105 Å². The molecule has 2 saturated heterocycles. The number of nitrogens with zero attached hydrogens (tertiary/aromatic N) is 3. The molecule has 2 fully saturated rings. The first-order chi connectivity index (χ1) is 19.8. The quantitative estimate of drug-likeness (QED) is 0.317. The van der Waals surface area contributed by atoms with Crippen LogP contribution in [-0.4, -0.2) is 85.0 Å². The van der Waals surface area contributed by atoms with Crippen LogP contribution in [0.25, 0.3) is 11.1 Å². The fourth-order valence-corrected chi connectivity index (χ4v) is 6.06. The number of aryl methyl sites for hydroxylation is 2. The van der Waals surface area contributed by atoms with Crippen molar-refractivity contribution in [2.45, 2.75) is 52.6 Å². The highest BCUT2D eigenvalue weighted by atomic mass is 16.5. The van der Waals surface area contributed by atoms with E-state index in [1.807, 2.05) is 39.1 Å². The molecule has 10 nitrogen and oxygen atoms in total. The Kier molecular flexibility index (Phi) is 9.22. The lowest BCUT2D eigenvalue weighted by molar-refractivity contribution is 0.0383. The van der Waals surface area contributed by atoms with Gasteiger partial charge in [0.25, 0.3) is 11.5 Å². The fourth-order valence-electron chi connectivity index (χ4n) is 6.06. The molecule has 0 bridgehead atoms. The van der Waals surface area contributed by atoms with E-state index in [9.17, 15) is 9.59 Å². The van der Waals surface area contributed by atoms with Crippen LogP contribution in [0, 0.1) is 20.8 Å². The van der Waals surface area contributed by atoms with Crippen LogP contribution in [0.2, 0.25) is 0 Å². The molecule has 41 heavy (non-hydrogen) atoms. The third kappa shape index (κ3) is 6.72. The second-order valence-electron chi connectivity index (χ2n) is 11.4. The molecule has 1 amide bonds. The average molecular weight is 562 g/mol. The topological polar surface area (TPSA) is 118 Å². The minimum absolute atomic E-state index is 0.164. The Labute approximate surface area is 241 Å². The molecule has 10 heteroatoms. The van der Waals surface area contributed by atoms with Crippen molar-refractivity contribution < 1.29 is 9.53 Å². The predicted octanol–water partition coefficient (Wildman–Crippen LogP) is 2.68. The van der Waals surface area contributed by atoms with E-state index in [2.05, 4.69) is 48.7 Å². The molecule has 0 saturated carbocycles. The molecule has 4 heterocycles. The van der Waals surface area contributed by atoms with Crippen LogP contribution in [0.15, 0.2) is 29.2 Å². The number of amides is 1. The second kappa shape index (κ2) is 13.0. The Balaban J connectivity index is 1.46. The van der Waals surface area contributed by atoms with E-state index < -0.39 is 0 Å². The molecular formula is C31H43N7O3. The SMILES string of the molecule is Cc1cc(C)c(CNC(=O)c2cc(-c3cn[nH]c3CCN3CCOCC3)cc(N(C)C3CCNCC3)c2C)c(=O)[nH]1. The van der Waals surface area contributed by atoms with Crippen molar-refractivity contribution in [3.8, 4) is 11.1 Å². The molecule has 0 aliphatic carbocycles. The number of pyridine rings is 1. The number of aromatic amines is 2. The molecule has 220 valence electrons. The highest BCUT2D eigenvalue weighted by Gasteiger charge is 2.24. The Bertz CT molecular complexity index is 1420. The molecule has 0 radical (unpaired) electrons. The van der Waals surface area contributed by atoms with Gasteiger partial charge in [-0.1, -0.05) is 0 Å². The smallest absolute Gasteiger partial charge is 0.253 e. The summed E-state index contributed by atoms with van der Waals surface area (Å²) >= 11 is 0. The average Bonchev–Trinajstić information content (AvgIpc) is 3.45. The van der Waals surface area contributed by atoms with Crippen LogP contribution in [-0.2, 0) is 17.7 Å². The zero-order valence-electron chi connectivity index (χ0n) is 24.7. The maximum Gasteiger partial charge on any atom is 0.253 e. The molecule has 0 spiro atoms. The molecule has 2 aliphatic rings. The molecule has 3 aromatic rings. The minimum atomic E-state index is -0.193. The first-order valence-corrected chi connectivity index (χ1v) is 14.7. The lowest BCUT2D eigenvalue weighted by Gasteiger charge is -2.35. The van der Waals surface area contributed by atoms with Crippen molar-refractivity contribution >= 4 is 11.6 Å². The first-order valence-electron chi connectivity index (χ1n) is 14.7. The summed E-state index contributed by atoms with van der Waals surface area (Å²) in [6.07, 6.45) is 4.80. The van der Waals surface area contributed by atoms with Gasteiger partial charge in [-0.3, -0.25) is 19.6 Å². The van der Waals surface area contributed by atoms with Crippen molar-refractivity contribution in [1.82, 2.24) is 30.7 Å². The Morgan fingerprint density at radius 1 is 1.15 bits per heavy atom. The molecule has 0 unspecified atom stereocenters. The summed E-state index contributed by atoms with van der Waals surface area (Å²) in [5.74, 6) is -0.193. The molecule has 1 aromatic carbocycles. The number of benzene rings is 1. The van der Waals surface area contributed by atoms with Gasteiger partial charge in [-0.2, -0.15) is 5.10 Å². The monoisotopic (exact) mass is 561 g/mol. The normalized spacial score (nSPS) is 16.6. The number of piperidine rings is 1. The van der Waals surface area contributed by atoms with Crippen LogP contribution in [0.4, 0.5) is 5.69 Å². The van der Waals surface area contributed by atoms with Gasteiger partial charge in [0.2, 0.25) is 0 Å². The number of ether oxygens (including phenoxy) is 1. The summed E-state index contributed by atoms with van der Waals surface area (Å²) in [6, 6.07) is 6.49. The molecule has 0 atom stereocenters.